The van der Waals surface area contributed by atoms with E-state index < -0.39 is 0 Å². The first-order chi connectivity index (χ1) is 10.9. The van der Waals surface area contributed by atoms with E-state index in [2.05, 4.69) is 25.4 Å². The smallest absolute Gasteiger partial charge is 0.217 e. The van der Waals surface area contributed by atoms with Gasteiger partial charge in [-0.1, -0.05) is 12.1 Å². The summed E-state index contributed by atoms with van der Waals surface area (Å²) in [6, 6.07) is 7.92. The lowest BCUT2D eigenvalue weighted by Gasteiger charge is -1.88. The summed E-state index contributed by atoms with van der Waals surface area (Å²) in [5, 5.41) is 20.6. The van der Waals surface area contributed by atoms with Crippen LogP contribution >= 0.6 is 22.7 Å². The Kier molecular flexibility index (Phi) is 3.33. The summed E-state index contributed by atoms with van der Waals surface area (Å²) >= 11 is 3.22. The molecule has 4 heterocycles. The molecule has 0 unspecified atom stereocenters. The Hall–Kier alpha value is -2.65. The summed E-state index contributed by atoms with van der Waals surface area (Å²) in [6.45, 7) is 0. The fourth-order valence-electron chi connectivity index (χ4n) is 1.79. The summed E-state index contributed by atoms with van der Waals surface area (Å²) in [4.78, 5) is 6.42. The van der Waals surface area contributed by atoms with E-state index in [0.29, 0.717) is 11.7 Å². The quantitative estimate of drug-likeness (QED) is 0.541. The summed E-state index contributed by atoms with van der Waals surface area (Å²) in [6.07, 6.45) is 5.09. The molecule has 0 radical (unpaired) electrons. The zero-order valence-corrected chi connectivity index (χ0v) is 12.8. The van der Waals surface area contributed by atoms with Crippen molar-refractivity contribution in [3.05, 3.63) is 51.1 Å². The van der Waals surface area contributed by atoms with Gasteiger partial charge in [0.2, 0.25) is 0 Å². The zero-order chi connectivity index (χ0) is 14.8. The van der Waals surface area contributed by atoms with Gasteiger partial charge in [0, 0.05) is 16.0 Å². The lowest BCUT2D eigenvalue weighted by Crippen LogP contribution is -1.89. The minimum Gasteiger partial charge on any atom is -0.217 e. The first kappa shape index (κ1) is 13.0. The SMILES string of the molecule is C(=N\c1nnc2n(/N=C/c3cccs3)cnn12)/c1cccs1. The number of hydrogen-bond donors (Lipinski definition) is 0. The van der Waals surface area contributed by atoms with E-state index in [-0.39, 0.29) is 0 Å². The van der Waals surface area contributed by atoms with Crippen molar-refractivity contribution < 1.29 is 0 Å². The third kappa shape index (κ3) is 2.47. The van der Waals surface area contributed by atoms with Crippen LogP contribution in [0.1, 0.15) is 9.75 Å². The van der Waals surface area contributed by atoms with Crippen molar-refractivity contribution in [3.63, 3.8) is 0 Å². The standard InChI is InChI=1S/C13H9N7S2/c1-3-10(21-5-1)7-14-12-17-18-13-19(9-16-20(12)13)15-8-11-4-2-6-22-11/h1-9H/b14-7+,15-8+. The zero-order valence-electron chi connectivity index (χ0n) is 11.1. The Morgan fingerprint density at radius 1 is 1.00 bits per heavy atom. The van der Waals surface area contributed by atoms with E-state index in [1.54, 1.807) is 50.6 Å². The normalized spacial score (nSPS) is 12.2. The highest BCUT2D eigenvalue weighted by Gasteiger charge is 2.09. The molecule has 0 saturated heterocycles. The maximum Gasteiger partial charge on any atom is 0.276 e. The molecule has 0 saturated carbocycles. The van der Waals surface area contributed by atoms with E-state index >= 15 is 0 Å². The molecule has 0 fully saturated rings. The third-order valence-electron chi connectivity index (χ3n) is 2.79. The van der Waals surface area contributed by atoms with Crippen molar-refractivity contribution in [3.8, 4) is 0 Å². The van der Waals surface area contributed by atoms with Crippen LogP contribution in [0.3, 0.4) is 0 Å². The highest BCUT2D eigenvalue weighted by atomic mass is 32.1. The maximum absolute atomic E-state index is 4.33. The van der Waals surface area contributed by atoms with Crippen LogP contribution in [0.2, 0.25) is 0 Å². The van der Waals surface area contributed by atoms with Crippen LogP contribution in [0.5, 0.6) is 0 Å². The van der Waals surface area contributed by atoms with E-state index in [4.69, 9.17) is 0 Å². The van der Waals surface area contributed by atoms with Crippen LogP contribution in [0.25, 0.3) is 5.78 Å². The average molecular weight is 327 g/mol. The first-order valence-electron chi connectivity index (χ1n) is 6.34. The summed E-state index contributed by atoms with van der Waals surface area (Å²) in [5.41, 5.74) is 0. The molecule has 0 bridgehead atoms. The van der Waals surface area contributed by atoms with Crippen molar-refractivity contribution in [2.24, 2.45) is 10.1 Å². The molecule has 0 aliphatic carbocycles. The molecule has 0 spiro atoms. The van der Waals surface area contributed by atoms with Gasteiger partial charge in [-0.2, -0.15) is 14.3 Å². The van der Waals surface area contributed by atoms with Gasteiger partial charge < -0.3 is 0 Å². The Labute approximate surface area is 132 Å². The minimum absolute atomic E-state index is 0.425. The van der Waals surface area contributed by atoms with Crippen LogP contribution < -0.4 is 0 Å². The number of hydrogen-bond acceptors (Lipinski definition) is 7. The highest BCUT2D eigenvalue weighted by Crippen LogP contribution is 2.12. The van der Waals surface area contributed by atoms with E-state index in [1.807, 2.05) is 35.0 Å². The van der Waals surface area contributed by atoms with Crippen molar-refractivity contribution >= 4 is 46.8 Å². The Morgan fingerprint density at radius 3 is 2.50 bits per heavy atom. The summed E-state index contributed by atoms with van der Waals surface area (Å²) in [5.74, 6) is 0.944. The van der Waals surface area contributed by atoms with Gasteiger partial charge in [-0.3, -0.25) is 0 Å². The predicted octanol–water partition coefficient (Wildman–Crippen LogP) is 2.68. The van der Waals surface area contributed by atoms with Crippen LogP contribution in [0.15, 0.2) is 51.4 Å². The second-order valence-corrected chi connectivity index (χ2v) is 6.18. The lowest BCUT2D eigenvalue weighted by atomic mass is 10.5. The molecule has 7 nitrogen and oxygen atoms in total. The largest absolute Gasteiger partial charge is 0.276 e. The number of aromatic nitrogens is 5. The molecule has 9 heteroatoms. The number of nitrogens with zero attached hydrogens (tertiary/aromatic N) is 7. The Bertz CT molecular complexity index is 850. The maximum atomic E-state index is 4.33. The molecule has 4 aromatic rings. The monoisotopic (exact) mass is 327 g/mol. The first-order valence-corrected chi connectivity index (χ1v) is 8.10. The molecule has 0 atom stereocenters. The van der Waals surface area contributed by atoms with Crippen molar-refractivity contribution in [1.82, 2.24) is 24.5 Å². The van der Waals surface area contributed by atoms with Crippen LogP contribution in [0, 0.1) is 0 Å². The molecular formula is C13H9N7S2. The van der Waals surface area contributed by atoms with Gasteiger partial charge >= 0.3 is 0 Å². The van der Waals surface area contributed by atoms with Crippen molar-refractivity contribution in [1.29, 1.82) is 0 Å². The molecule has 0 aromatic carbocycles. The lowest BCUT2D eigenvalue weighted by molar-refractivity contribution is 0.883. The second-order valence-electron chi connectivity index (χ2n) is 4.22. The molecule has 0 aliphatic rings. The van der Waals surface area contributed by atoms with Gasteiger partial charge in [0.15, 0.2) is 0 Å². The Morgan fingerprint density at radius 2 is 1.77 bits per heavy atom. The number of thiophene rings is 2. The van der Waals surface area contributed by atoms with E-state index in [0.717, 1.165) is 9.75 Å². The molecule has 108 valence electrons. The van der Waals surface area contributed by atoms with Gasteiger partial charge in [0.05, 0.1) is 6.21 Å². The van der Waals surface area contributed by atoms with E-state index in [1.165, 1.54) is 0 Å². The molecule has 0 amide bonds. The van der Waals surface area contributed by atoms with Crippen LogP contribution in [-0.4, -0.2) is 36.9 Å². The molecule has 22 heavy (non-hydrogen) atoms. The van der Waals surface area contributed by atoms with Crippen LogP contribution in [0.4, 0.5) is 5.95 Å². The van der Waals surface area contributed by atoms with Crippen molar-refractivity contribution in [2.75, 3.05) is 0 Å². The Balaban J connectivity index is 1.64. The highest BCUT2D eigenvalue weighted by molar-refractivity contribution is 7.12. The average Bonchev–Trinajstić information content (AvgIpc) is 3.28. The molecule has 4 rings (SSSR count). The van der Waals surface area contributed by atoms with Gasteiger partial charge in [-0.25, -0.2) is 4.99 Å². The van der Waals surface area contributed by atoms with Crippen LogP contribution in [-0.2, 0) is 0 Å². The fourth-order valence-corrected chi connectivity index (χ4v) is 2.96. The van der Waals surface area contributed by atoms with E-state index in [9.17, 15) is 0 Å². The third-order valence-corrected chi connectivity index (χ3v) is 4.41. The fraction of sp³-hybridized carbons (Fsp3) is 0. The van der Waals surface area contributed by atoms with Gasteiger partial charge in [0.25, 0.3) is 11.7 Å². The van der Waals surface area contributed by atoms with Gasteiger partial charge in [-0.15, -0.1) is 38.0 Å². The molecule has 4 aromatic heterocycles. The van der Waals surface area contributed by atoms with Gasteiger partial charge in [-0.05, 0) is 22.9 Å². The number of rotatable bonds is 4. The number of aliphatic imine (C=N–C) groups is 1. The van der Waals surface area contributed by atoms with Crippen molar-refractivity contribution in [2.45, 2.75) is 0 Å². The molecule has 0 aliphatic heterocycles. The minimum atomic E-state index is 0.425. The summed E-state index contributed by atoms with van der Waals surface area (Å²) < 4.78 is 3.12. The predicted molar refractivity (Wildman–Crippen MR) is 87.7 cm³/mol. The number of fused-ring (bicyclic) bond motifs is 1. The van der Waals surface area contributed by atoms with Gasteiger partial charge in [0.1, 0.15) is 6.33 Å². The topological polar surface area (TPSA) is 72.7 Å². The second kappa shape index (κ2) is 5.62. The molecule has 0 N–H and O–H groups in total. The summed E-state index contributed by atoms with van der Waals surface area (Å²) in [7, 11) is 0. The molecular weight excluding hydrogens is 318 g/mol.